The van der Waals surface area contributed by atoms with Crippen LogP contribution in [0.4, 0.5) is 22.0 Å². The predicted octanol–water partition coefficient (Wildman–Crippen LogP) is 4.47. The summed E-state index contributed by atoms with van der Waals surface area (Å²) in [5.74, 6) is -4.33. The first kappa shape index (κ1) is 13.5. The summed E-state index contributed by atoms with van der Waals surface area (Å²) in [4.78, 5) is 0. The number of rotatable bonds is 1. The summed E-state index contributed by atoms with van der Waals surface area (Å²) in [6, 6.07) is 4.18. The summed E-state index contributed by atoms with van der Waals surface area (Å²) < 4.78 is 72.4. The number of fused-ring (bicyclic) bond motifs is 3. The quantitative estimate of drug-likeness (QED) is 0.675. The molecular weight excluding hydrogens is 299 g/mol. The van der Waals surface area contributed by atoms with Crippen molar-refractivity contribution in [2.24, 2.45) is 0 Å². The number of hydrogen-bond acceptors (Lipinski definition) is 3. The van der Waals surface area contributed by atoms with E-state index in [9.17, 15) is 27.1 Å². The van der Waals surface area contributed by atoms with Crippen LogP contribution >= 0.6 is 0 Å². The van der Waals surface area contributed by atoms with Crippen LogP contribution in [0.15, 0.2) is 28.7 Å². The lowest BCUT2D eigenvalue weighted by molar-refractivity contribution is -0.275. The minimum Gasteiger partial charge on any atom is -0.505 e. The average molecular weight is 304 g/mol. The van der Waals surface area contributed by atoms with Gasteiger partial charge in [0.15, 0.2) is 22.7 Å². The molecule has 1 aromatic heterocycles. The van der Waals surface area contributed by atoms with Crippen molar-refractivity contribution in [2.45, 2.75) is 6.36 Å². The van der Waals surface area contributed by atoms with Gasteiger partial charge in [0.1, 0.15) is 0 Å². The number of aromatic hydroxyl groups is 1. The zero-order valence-electron chi connectivity index (χ0n) is 9.96. The third-order valence-electron chi connectivity index (χ3n) is 2.86. The second-order valence-electron chi connectivity index (χ2n) is 4.18. The molecule has 3 rings (SSSR count). The van der Waals surface area contributed by atoms with Crippen molar-refractivity contribution < 1.29 is 36.2 Å². The summed E-state index contributed by atoms with van der Waals surface area (Å²) >= 11 is 0. The van der Waals surface area contributed by atoms with Crippen LogP contribution in [-0.2, 0) is 0 Å². The van der Waals surface area contributed by atoms with E-state index in [0.29, 0.717) is 0 Å². The van der Waals surface area contributed by atoms with E-state index < -0.39 is 40.7 Å². The number of phenolic OH excluding ortho intramolecular Hbond substituents is 1. The SMILES string of the molecule is Oc1ccc2c(oc3c(F)c(OC(F)(F)F)ccc32)c1F. The average Bonchev–Trinajstić information content (AvgIpc) is 2.76. The number of halogens is 5. The Labute approximate surface area is 113 Å². The van der Waals surface area contributed by atoms with E-state index in [1.165, 1.54) is 6.07 Å². The minimum atomic E-state index is -5.07. The van der Waals surface area contributed by atoms with Gasteiger partial charge < -0.3 is 14.3 Å². The van der Waals surface area contributed by atoms with Crippen LogP contribution in [0.3, 0.4) is 0 Å². The van der Waals surface area contributed by atoms with Crippen molar-refractivity contribution in [3.05, 3.63) is 35.9 Å². The largest absolute Gasteiger partial charge is 0.573 e. The molecule has 110 valence electrons. The normalized spacial score (nSPS) is 12.2. The molecule has 0 saturated heterocycles. The summed E-state index contributed by atoms with van der Waals surface area (Å²) in [5, 5.41) is 9.41. The van der Waals surface area contributed by atoms with Crippen molar-refractivity contribution >= 4 is 21.9 Å². The number of benzene rings is 2. The first-order valence-electron chi connectivity index (χ1n) is 5.56. The number of furan rings is 1. The smallest absolute Gasteiger partial charge is 0.505 e. The lowest BCUT2D eigenvalue weighted by Crippen LogP contribution is -2.17. The number of phenols is 1. The highest BCUT2D eigenvalue weighted by molar-refractivity contribution is 6.06. The Morgan fingerprint density at radius 3 is 2.10 bits per heavy atom. The maximum atomic E-state index is 14.0. The van der Waals surface area contributed by atoms with Gasteiger partial charge in [-0.3, -0.25) is 0 Å². The Morgan fingerprint density at radius 2 is 1.48 bits per heavy atom. The highest BCUT2D eigenvalue weighted by Crippen LogP contribution is 2.38. The molecule has 0 amide bonds. The van der Waals surface area contributed by atoms with E-state index in [4.69, 9.17) is 4.42 Å². The van der Waals surface area contributed by atoms with Crippen molar-refractivity contribution in [1.82, 2.24) is 0 Å². The Bertz CT molecular complexity index is 850. The van der Waals surface area contributed by atoms with Crippen molar-refractivity contribution in [3.63, 3.8) is 0 Å². The molecule has 0 aliphatic heterocycles. The predicted molar refractivity (Wildman–Crippen MR) is 62.0 cm³/mol. The van der Waals surface area contributed by atoms with Gasteiger partial charge in [-0.1, -0.05) is 0 Å². The highest BCUT2D eigenvalue weighted by Gasteiger charge is 2.33. The van der Waals surface area contributed by atoms with Crippen LogP contribution < -0.4 is 4.74 Å². The van der Waals surface area contributed by atoms with Gasteiger partial charge in [0, 0.05) is 10.8 Å². The fourth-order valence-corrected chi connectivity index (χ4v) is 2.01. The molecule has 8 heteroatoms. The van der Waals surface area contributed by atoms with Gasteiger partial charge in [-0.2, -0.15) is 8.78 Å². The van der Waals surface area contributed by atoms with Crippen molar-refractivity contribution in [2.75, 3.05) is 0 Å². The standard InChI is InChI=1S/C13H5F5O3/c14-9-7(19)3-1-5-6-2-4-8(21-13(16,17)18)10(15)12(6)20-11(5)9/h1-4,19H. The molecule has 0 aliphatic rings. The van der Waals surface area contributed by atoms with Crippen LogP contribution in [0, 0.1) is 11.6 Å². The van der Waals surface area contributed by atoms with Gasteiger partial charge in [0.05, 0.1) is 0 Å². The number of hydrogen-bond donors (Lipinski definition) is 1. The fourth-order valence-electron chi connectivity index (χ4n) is 2.01. The zero-order chi connectivity index (χ0) is 15.4. The lowest BCUT2D eigenvalue weighted by Gasteiger charge is -2.09. The first-order valence-corrected chi connectivity index (χ1v) is 5.56. The van der Waals surface area contributed by atoms with Gasteiger partial charge >= 0.3 is 6.36 Å². The number of alkyl halides is 3. The molecule has 0 saturated carbocycles. The summed E-state index contributed by atoms with van der Waals surface area (Å²) in [6.07, 6.45) is -5.07. The van der Waals surface area contributed by atoms with Crippen LogP contribution in [0.5, 0.6) is 11.5 Å². The molecule has 0 spiro atoms. The van der Waals surface area contributed by atoms with E-state index in [0.717, 1.165) is 18.2 Å². The zero-order valence-corrected chi connectivity index (χ0v) is 9.96. The van der Waals surface area contributed by atoms with Gasteiger partial charge in [0.2, 0.25) is 11.6 Å². The van der Waals surface area contributed by atoms with Crippen LogP contribution in [0.1, 0.15) is 0 Å². The first-order chi connectivity index (χ1) is 9.78. The molecule has 0 radical (unpaired) electrons. The van der Waals surface area contributed by atoms with Crippen molar-refractivity contribution in [3.8, 4) is 11.5 Å². The Morgan fingerprint density at radius 1 is 0.905 bits per heavy atom. The summed E-state index contributed by atoms with van der Waals surface area (Å²) in [7, 11) is 0. The molecule has 2 aromatic carbocycles. The van der Waals surface area contributed by atoms with Crippen LogP contribution in [0.2, 0.25) is 0 Å². The molecule has 0 atom stereocenters. The van der Waals surface area contributed by atoms with Gasteiger partial charge in [-0.15, -0.1) is 13.2 Å². The third-order valence-corrected chi connectivity index (χ3v) is 2.86. The monoisotopic (exact) mass is 304 g/mol. The van der Waals surface area contributed by atoms with Crippen LogP contribution in [-0.4, -0.2) is 11.5 Å². The molecule has 0 bridgehead atoms. The van der Waals surface area contributed by atoms with E-state index in [2.05, 4.69) is 4.74 Å². The fraction of sp³-hybridized carbons (Fsp3) is 0.0769. The molecule has 21 heavy (non-hydrogen) atoms. The van der Waals surface area contributed by atoms with Gasteiger partial charge in [-0.05, 0) is 24.3 Å². The van der Waals surface area contributed by atoms with E-state index in [1.54, 1.807) is 0 Å². The minimum absolute atomic E-state index is 0.0657. The molecule has 3 aromatic rings. The molecule has 0 aliphatic carbocycles. The Kier molecular flexibility index (Phi) is 2.72. The van der Waals surface area contributed by atoms with Crippen molar-refractivity contribution in [1.29, 1.82) is 0 Å². The Hall–Kier alpha value is -2.51. The molecule has 1 N–H and O–H groups in total. The lowest BCUT2D eigenvalue weighted by atomic mass is 10.1. The summed E-state index contributed by atoms with van der Waals surface area (Å²) in [6.45, 7) is 0. The maximum Gasteiger partial charge on any atom is 0.573 e. The second-order valence-corrected chi connectivity index (χ2v) is 4.18. The van der Waals surface area contributed by atoms with Gasteiger partial charge in [0.25, 0.3) is 0 Å². The van der Waals surface area contributed by atoms with E-state index >= 15 is 0 Å². The highest BCUT2D eigenvalue weighted by atomic mass is 19.4. The molecule has 0 fully saturated rings. The van der Waals surface area contributed by atoms with Gasteiger partial charge in [-0.25, -0.2) is 0 Å². The van der Waals surface area contributed by atoms with Crippen LogP contribution in [0.25, 0.3) is 21.9 Å². The molecule has 3 nitrogen and oxygen atoms in total. The second kappa shape index (κ2) is 4.24. The topological polar surface area (TPSA) is 42.6 Å². The Balaban J connectivity index is 2.29. The third kappa shape index (κ3) is 2.12. The maximum absolute atomic E-state index is 14.0. The summed E-state index contributed by atoms with van der Waals surface area (Å²) in [5.41, 5.74) is -1.04. The molecular formula is C13H5F5O3. The molecule has 0 unspecified atom stereocenters. The van der Waals surface area contributed by atoms with E-state index in [-0.39, 0.29) is 10.8 Å². The number of ether oxygens (including phenoxy) is 1. The van der Waals surface area contributed by atoms with E-state index in [1.807, 2.05) is 0 Å². The molecule has 1 heterocycles.